The number of benzene rings is 1. The van der Waals surface area contributed by atoms with Crippen LogP contribution in [0.3, 0.4) is 0 Å². The SMILES string of the molecule is CC1=C(S(=O)(=O)c2ccccc2)C(=O)C2(CCCC2)OC1. The first-order valence-electron chi connectivity index (χ1n) is 7.16. The van der Waals surface area contributed by atoms with E-state index in [4.69, 9.17) is 4.74 Å². The summed E-state index contributed by atoms with van der Waals surface area (Å²) >= 11 is 0. The van der Waals surface area contributed by atoms with Gasteiger partial charge < -0.3 is 4.74 Å². The van der Waals surface area contributed by atoms with E-state index in [-0.39, 0.29) is 22.2 Å². The van der Waals surface area contributed by atoms with E-state index in [1.807, 2.05) is 0 Å². The zero-order valence-corrected chi connectivity index (χ0v) is 12.8. The summed E-state index contributed by atoms with van der Waals surface area (Å²) in [5.74, 6) is -0.354. The maximum Gasteiger partial charge on any atom is 0.210 e. The molecular weight excluding hydrogens is 288 g/mol. The van der Waals surface area contributed by atoms with Crippen molar-refractivity contribution in [2.24, 2.45) is 0 Å². The van der Waals surface area contributed by atoms with Crippen LogP contribution in [0, 0.1) is 0 Å². The number of sulfone groups is 1. The van der Waals surface area contributed by atoms with Gasteiger partial charge in [-0.2, -0.15) is 0 Å². The standard InChI is InChI=1S/C16H18O4S/c1-12-11-20-16(9-5-6-10-16)15(17)14(12)21(18,19)13-7-3-2-4-8-13/h2-4,7-8H,5-6,9-11H2,1H3. The summed E-state index contributed by atoms with van der Waals surface area (Å²) in [6, 6.07) is 8.14. The van der Waals surface area contributed by atoms with Gasteiger partial charge in [0.15, 0.2) is 0 Å². The Bertz CT molecular complexity index is 695. The van der Waals surface area contributed by atoms with Crippen molar-refractivity contribution in [2.75, 3.05) is 6.61 Å². The Balaban J connectivity index is 2.10. The van der Waals surface area contributed by atoms with Crippen LogP contribution in [0.15, 0.2) is 45.7 Å². The summed E-state index contributed by atoms with van der Waals surface area (Å²) < 4.78 is 31.4. The molecule has 0 unspecified atom stereocenters. The van der Waals surface area contributed by atoms with Gasteiger partial charge >= 0.3 is 0 Å². The third-order valence-electron chi connectivity index (χ3n) is 4.31. The number of Topliss-reactive ketones (excluding diaryl/α,β-unsaturated/α-hetero) is 1. The normalized spacial score (nSPS) is 22.0. The Morgan fingerprint density at radius 1 is 1.10 bits per heavy atom. The minimum absolute atomic E-state index is 0.0538. The first-order chi connectivity index (χ1) is 9.97. The van der Waals surface area contributed by atoms with Crippen molar-refractivity contribution < 1.29 is 17.9 Å². The lowest BCUT2D eigenvalue weighted by Crippen LogP contribution is -2.45. The van der Waals surface area contributed by atoms with Crippen molar-refractivity contribution in [1.82, 2.24) is 0 Å². The van der Waals surface area contributed by atoms with Gasteiger partial charge in [0.1, 0.15) is 10.5 Å². The molecule has 1 fully saturated rings. The molecule has 0 atom stereocenters. The Morgan fingerprint density at radius 3 is 2.33 bits per heavy atom. The smallest absolute Gasteiger partial charge is 0.210 e. The van der Waals surface area contributed by atoms with Crippen LogP contribution in [-0.2, 0) is 19.4 Å². The largest absolute Gasteiger partial charge is 0.362 e. The molecule has 0 bridgehead atoms. The number of hydrogen-bond donors (Lipinski definition) is 0. The number of carbonyl (C=O) groups is 1. The second-order valence-corrected chi connectivity index (χ2v) is 7.63. The molecule has 1 aromatic carbocycles. The molecule has 0 radical (unpaired) electrons. The van der Waals surface area contributed by atoms with Crippen molar-refractivity contribution in [3.63, 3.8) is 0 Å². The van der Waals surface area contributed by atoms with E-state index in [2.05, 4.69) is 0 Å². The fourth-order valence-corrected chi connectivity index (χ4v) is 4.86. The number of ketones is 1. The molecule has 1 heterocycles. The predicted molar refractivity (Wildman–Crippen MR) is 78.5 cm³/mol. The van der Waals surface area contributed by atoms with Crippen LogP contribution in [0.4, 0.5) is 0 Å². The topological polar surface area (TPSA) is 60.4 Å². The molecule has 112 valence electrons. The van der Waals surface area contributed by atoms with E-state index in [0.717, 1.165) is 12.8 Å². The molecule has 1 spiro atoms. The third-order valence-corrected chi connectivity index (χ3v) is 6.27. The van der Waals surface area contributed by atoms with Crippen LogP contribution in [0.2, 0.25) is 0 Å². The molecule has 0 N–H and O–H groups in total. The molecule has 0 amide bonds. The van der Waals surface area contributed by atoms with Crippen LogP contribution in [0.5, 0.6) is 0 Å². The summed E-state index contributed by atoms with van der Waals surface area (Å²) in [6.45, 7) is 1.88. The molecular formula is C16H18O4S. The zero-order chi connectivity index (χ0) is 15.1. The van der Waals surface area contributed by atoms with Gasteiger partial charge in [0, 0.05) is 0 Å². The molecule has 2 aliphatic rings. The van der Waals surface area contributed by atoms with E-state index < -0.39 is 15.4 Å². The first-order valence-corrected chi connectivity index (χ1v) is 8.64. The van der Waals surface area contributed by atoms with Crippen molar-refractivity contribution >= 4 is 15.6 Å². The highest BCUT2D eigenvalue weighted by Gasteiger charge is 2.49. The fourth-order valence-electron chi connectivity index (χ4n) is 3.16. The zero-order valence-electron chi connectivity index (χ0n) is 12.0. The lowest BCUT2D eigenvalue weighted by Gasteiger charge is -2.33. The Kier molecular flexibility index (Phi) is 3.50. The highest BCUT2D eigenvalue weighted by Crippen LogP contribution is 2.41. The van der Waals surface area contributed by atoms with E-state index >= 15 is 0 Å². The van der Waals surface area contributed by atoms with Crippen LogP contribution in [0.1, 0.15) is 32.6 Å². The molecule has 21 heavy (non-hydrogen) atoms. The fraction of sp³-hybridized carbons (Fsp3) is 0.438. The van der Waals surface area contributed by atoms with Crippen molar-refractivity contribution in [3.05, 3.63) is 40.8 Å². The first kappa shape index (κ1) is 14.5. The predicted octanol–water partition coefficient (Wildman–Crippen LogP) is 2.65. The molecule has 5 heteroatoms. The molecule has 0 saturated heterocycles. The van der Waals surface area contributed by atoms with Crippen LogP contribution < -0.4 is 0 Å². The maximum atomic E-state index is 12.8. The number of carbonyl (C=O) groups excluding carboxylic acids is 1. The molecule has 4 nitrogen and oxygen atoms in total. The van der Waals surface area contributed by atoms with E-state index in [9.17, 15) is 13.2 Å². The van der Waals surface area contributed by atoms with E-state index in [1.54, 1.807) is 25.1 Å². The average Bonchev–Trinajstić information content (AvgIpc) is 2.94. The number of rotatable bonds is 2. The van der Waals surface area contributed by atoms with Gasteiger partial charge in [0.2, 0.25) is 15.6 Å². The Morgan fingerprint density at radius 2 is 1.71 bits per heavy atom. The molecule has 1 saturated carbocycles. The van der Waals surface area contributed by atoms with E-state index in [0.29, 0.717) is 18.4 Å². The Labute approximate surface area is 124 Å². The molecule has 0 aromatic heterocycles. The average molecular weight is 306 g/mol. The quantitative estimate of drug-likeness (QED) is 0.843. The van der Waals surface area contributed by atoms with E-state index in [1.165, 1.54) is 12.1 Å². The van der Waals surface area contributed by atoms with Gasteiger partial charge in [-0.25, -0.2) is 8.42 Å². The minimum Gasteiger partial charge on any atom is -0.362 e. The lowest BCUT2D eigenvalue weighted by molar-refractivity contribution is -0.140. The van der Waals surface area contributed by atoms with Crippen molar-refractivity contribution in [2.45, 2.75) is 43.1 Å². The van der Waals surface area contributed by atoms with Crippen molar-refractivity contribution in [1.29, 1.82) is 0 Å². The number of ether oxygens (including phenoxy) is 1. The van der Waals surface area contributed by atoms with Crippen LogP contribution in [0.25, 0.3) is 0 Å². The van der Waals surface area contributed by atoms with Gasteiger partial charge in [-0.1, -0.05) is 18.2 Å². The van der Waals surface area contributed by atoms with Crippen LogP contribution >= 0.6 is 0 Å². The van der Waals surface area contributed by atoms with Gasteiger partial charge in [-0.05, 0) is 50.3 Å². The highest BCUT2D eigenvalue weighted by molar-refractivity contribution is 7.96. The molecule has 1 aliphatic carbocycles. The maximum absolute atomic E-state index is 12.8. The molecule has 1 aromatic rings. The second-order valence-electron chi connectivity index (χ2n) is 5.75. The Hall–Kier alpha value is -1.46. The lowest BCUT2D eigenvalue weighted by atomic mass is 9.92. The van der Waals surface area contributed by atoms with Crippen molar-refractivity contribution in [3.8, 4) is 0 Å². The van der Waals surface area contributed by atoms with Crippen LogP contribution in [-0.4, -0.2) is 26.4 Å². The number of hydrogen-bond acceptors (Lipinski definition) is 4. The third kappa shape index (κ3) is 2.24. The molecule has 3 rings (SSSR count). The summed E-state index contributed by atoms with van der Waals surface area (Å²) in [5.41, 5.74) is -0.405. The molecule has 1 aliphatic heterocycles. The minimum atomic E-state index is -3.77. The summed E-state index contributed by atoms with van der Waals surface area (Å²) in [4.78, 5) is 12.9. The second kappa shape index (κ2) is 5.07. The van der Waals surface area contributed by atoms with Gasteiger partial charge in [0.25, 0.3) is 0 Å². The summed E-state index contributed by atoms with van der Waals surface area (Å²) in [6.07, 6.45) is 3.05. The van der Waals surface area contributed by atoms with Gasteiger partial charge in [-0.3, -0.25) is 4.79 Å². The summed E-state index contributed by atoms with van der Waals surface area (Å²) in [5, 5.41) is 0. The summed E-state index contributed by atoms with van der Waals surface area (Å²) in [7, 11) is -3.77. The monoisotopic (exact) mass is 306 g/mol. The highest BCUT2D eigenvalue weighted by atomic mass is 32.2. The van der Waals surface area contributed by atoms with Gasteiger partial charge in [-0.15, -0.1) is 0 Å². The van der Waals surface area contributed by atoms with Gasteiger partial charge in [0.05, 0.1) is 11.5 Å².